The van der Waals surface area contributed by atoms with Gasteiger partial charge in [0, 0.05) is 12.6 Å². The van der Waals surface area contributed by atoms with Crippen molar-refractivity contribution in [3.05, 3.63) is 22.2 Å². The Balaban J connectivity index is 1.94. The van der Waals surface area contributed by atoms with Gasteiger partial charge in [0.15, 0.2) is 0 Å². The highest BCUT2D eigenvalue weighted by molar-refractivity contribution is 9.10. The number of likely N-dealkylation sites (tertiary alicyclic amines) is 1. The zero-order valence-electron chi connectivity index (χ0n) is 13.8. The van der Waals surface area contributed by atoms with Crippen molar-refractivity contribution in [1.29, 1.82) is 0 Å². The first-order valence-electron chi connectivity index (χ1n) is 8.38. The van der Waals surface area contributed by atoms with Crippen LogP contribution >= 0.6 is 15.9 Å². The summed E-state index contributed by atoms with van der Waals surface area (Å²) in [5, 5.41) is 0. The first-order valence-corrected chi connectivity index (χ1v) is 9.17. The number of piperidine rings is 1. The second-order valence-electron chi connectivity index (χ2n) is 6.44. The standard InChI is InChI=1S/C18H24BrNO3/c1-22-13-10-14(17(23-2)15(19)11-13)18(21)20-9-5-7-12-6-3-4-8-16(12)20/h10-12,16H,3-9H2,1-2H3/t12-,16+/m1/s1. The van der Waals surface area contributed by atoms with Crippen LogP contribution in [-0.2, 0) is 0 Å². The molecule has 1 aliphatic carbocycles. The minimum absolute atomic E-state index is 0.0676. The molecule has 126 valence electrons. The third kappa shape index (κ3) is 3.21. The van der Waals surface area contributed by atoms with E-state index in [2.05, 4.69) is 20.8 Å². The van der Waals surface area contributed by atoms with Crippen molar-refractivity contribution in [1.82, 2.24) is 4.90 Å². The second-order valence-corrected chi connectivity index (χ2v) is 7.30. The quantitative estimate of drug-likeness (QED) is 0.784. The predicted molar refractivity (Wildman–Crippen MR) is 93.3 cm³/mol. The second kappa shape index (κ2) is 7.12. The highest BCUT2D eigenvalue weighted by Gasteiger charge is 2.37. The van der Waals surface area contributed by atoms with Crippen molar-refractivity contribution in [3.8, 4) is 11.5 Å². The molecule has 4 nitrogen and oxygen atoms in total. The number of halogens is 1. The van der Waals surface area contributed by atoms with Crippen LogP contribution in [0, 0.1) is 5.92 Å². The monoisotopic (exact) mass is 381 g/mol. The smallest absolute Gasteiger partial charge is 0.258 e. The molecule has 0 radical (unpaired) electrons. The number of hydrogen-bond donors (Lipinski definition) is 0. The summed E-state index contributed by atoms with van der Waals surface area (Å²) in [7, 11) is 3.21. The molecule has 1 aromatic rings. The minimum Gasteiger partial charge on any atom is -0.497 e. The SMILES string of the molecule is COc1cc(Br)c(OC)c(C(=O)N2CCC[C@H]3CCCC[C@@H]32)c1. The predicted octanol–water partition coefficient (Wildman–Crippen LogP) is 4.26. The van der Waals surface area contributed by atoms with E-state index in [0.717, 1.165) is 23.9 Å². The van der Waals surface area contributed by atoms with E-state index in [9.17, 15) is 4.79 Å². The molecule has 1 heterocycles. The molecule has 2 fully saturated rings. The van der Waals surface area contributed by atoms with Gasteiger partial charge in [-0.3, -0.25) is 4.79 Å². The maximum absolute atomic E-state index is 13.2. The molecular formula is C18H24BrNO3. The van der Waals surface area contributed by atoms with Gasteiger partial charge < -0.3 is 14.4 Å². The number of carbonyl (C=O) groups is 1. The maximum atomic E-state index is 13.2. The summed E-state index contributed by atoms with van der Waals surface area (Å²) in [4.78, 5) is 15.3. The molecule has 0 N–H and O–H groups in total. The fourth-order valence-electron chi connectivity index (χ4n) is 4.08. The molecular weight excluding hydrogens is 358 g/mol. The number of hydrogen-bond acceptors (Lipinski definition) is 3. The van der Waals surface area contributed by atoms with Gasteiger partial charge in [0.1, 0.15) is 11.5 Å². The molecule has 23 heavy (non-hydrogen) atoms. The Kier molecular flexibility index (Phi) is 5.14. The fraction of sp³-hybridized carbons (Fsp3) is 0.611. The van der Waals surface area contributed by atoms with E-state index >= 15 is 0 Å². The summed E-state index contributed by atoms with van der Waals surface area (Å²) in [6, 6.07) is 4.01. The lowest BCUT2D eigenvalue weighted by atomic mass is 9.78. The summed E-state index contributed by atoms with van der Waals surface area (Å²) >= 11 is 3.48. The fourth-order valence-corrected chi connectivity index (χ4v) is 4.69. The van der Waals surface area contributed by atoms with E-state index < -0.39 is 0 Å². The normalized spacial score (nSPS) is 24.0. The van der Waals surface area contributed by atoms with Crippen LogP contribution in [0.25, 0.3) is 0 Å². The molecule has 0 aromatic heterocycles. The van der Waals surface area contributed by atoms with E-state index in [1.165, 1.54) is 25.7 Å². The van der Waals surface area contributed by atoms with Crippen LogP contribution in [0.5, 0.6) is 11.5 Å². The molecule has 1 aliphatic heterocycles. The van der Waals surface area contributed by atoms with Crippen LogP contribution in [0.1, 0.15) is 48.9 Å². The first kappa shape index (κ1) is 16.6. The zero-order valence-corrected chi connectivity index (χ0v) is 15.4. The van der Waals surface area contributed by atoms with Crippen molar-refractivity contribution in [2.24, 2.45) is 5.92 Å². The van der Waals surface area contributed by atoms with Gasteiger partial charge in [-0.05, 0) is 59.7 Å². The summed E-state index contributed by atoms with van der Waals surface area (Å²) in [6.45, 7) is 0.845. The third-order valence-corrected chi connectivity index (χ3v) is 5.78. The van der Waals surface area contributed by atoms with E-state index in [4.69, 9.17) is 9.47 Å². The lowest BCUT2D eigenvalue weighted by molar-refractivity contribution is 0.0387. The van der Waals surface area contributed by atoms with Crippen molar-refractivity contribution < 1.29 is 14.3 Å². The van der Waals surface area contributed by atoms with Gasteiger partial charge in [0.05, 0.1) is 24.3 Å². The van der Waals surface area contributed by atoms with Gasteiger partial charge in [0.25, 0.3) is 5.91 Å². The van der Waals surface area contributed by atoms with Crippen LogP contribution in [0.3, 0.4) is 0 Å². The Hall–Kier alpha value is -1.23. The van der Waals surface area contributed by atoms with E-state index in [1.807, 2.05) is 6.07 Å². The van der Waals surface area contributed by atoms with Crippen LogP contribution in [-0.4, -0.2) is 37.6 Å². The Morgan fingerprint density at radius 3 is 2.61 bits per heavy atom. The largest absolute Gasteiger partial charge is 0.497 e. The van der Waals surface area contributed by atoms with Crippen molar-refractivity contribution in [3.63, 3.8) is 0 Å². The summed E-state index contributed by atoms with van der Waals surface area (Å²) in [6.07, 6.45) is 7.27. The van der Waals surface area contributed by atoms with Crippen molar-refractivity contribution in [2.45, 2.75) is 44.6 Å². The van der Waals surface area contributed by atoms with Gasteiger partial charge in [-0.15, -0.1) is 0 Å². The Morgan fingerprint density at radius 1 is 1.13 bits per heavy atom. The summed E-state index contributed by atoms with van der Waals surface area (Å²) in [5.74, 6) is 1.99. The average Bonchev–Trinajstić information content (AvgIpc) is 2.59. The molecule has 1 aromatic carbocycles. The number of carbonyl (C=O) groups excluding carboxylic acids is 1. The van der Waals surface area contributed by atoms with Gasteiger partial charge in [0.2, 0.25) is 0 Å². The van der Waals surface area contributed by atoms with Crippen LogP contribution in [0.15, 0.2) is 16.6 Å². The number of amides is 1. The minimum atomic E-state index is 0.0676. The van der Waals surface area contributed by atoms with E-state index in [1.54, 1.807) is 20.3 Å². The van der Waals surface area contributed by atoms with Crippen molar-refractivity contribution in [2.75, 3.05) is 20.8 Å². The number of benzene rings is 1. The van der Waals surface area contributed by atoms with Crippen LogP contribution in [0.4, 0.5) is 0 Å². The number of nitrogens with zero attached hydrogens (tertiary/aromatic N) is 1. The molecule has 1 amide bonds. The number of rotatable bonds is 3. The number of ether oxygens (including phenoxy) is 2. The molecule has 3 rings (SSSR count). The molecule has 0 bridgehead atoms. The van der Waals surface area contributed by atoms with E-state index in [0.29, 0.717) is 29.0 Å². The molecule has 0 spiro atoms. The topological polar surface area (TPSA) is 38.8 Å². The number of fused-ring (bicyclic) bond motifs is 1. The average molecular weight is 382 g/mol. The van der Waals surface area contributed by atoms with Gasteiger partial charge in [-0.25, -0.2) is 0 Å². The molecule has 1 saturated carbocycles. The lowest BCUT2D eigenvalue weighted by Crippen LogP contribution is -2.49. The van der Waals surface area contributed by atoms with Gasteiger partial charge >= 0.3 is 0 Å². The third-order valence-electron chi connectivity index (χ3n) is 5.19. The molecule has 0 unspecified atom stereocenters. The van der Waals surface area contributed by atoms with E-state index in [-0.39, 0.29) is 5.91 Å². The van der Waals surface area contributed by atoms with Crippen LogP contribution < -0.4 is 9.47 Å². The van der Waals surface area contributed by atoms with Gasteiger partial charge in [-0.2, -0.15) is 0 Å². The van der Waals surface area contributed by atoms with Crippen LogP contribution in [0.2, 0.25) is 0 Å². The highest BCUT2D eigenvalue weighted by atomic mass is 79.9. The zero-order chi connectivity index (χ0) is 16.4. The number of methoxy groups -OCH3 is 2. The van der Waals surface area contributed by atoms with Gasteiger partial charge in [-0.1, -0.05) is 12.8 Å². The Labute approximate surface area is 146 Å². The highest BCUT2D eigenvalue weighted by Crippen LogP contribution is 2.39. The molecule has 5 heteroatoms. The Bertz CT molecular complexity index is 588. The molecule has 2 atom stereocenters. The summed E-state index contributed by atoms with van der Waals surface area (Å²) in [5.41, 5.74) is 0.588. The maximum Gasteiger partial charge on any atom is 0.258 e. The molecule has 1 saturated heterocycles. The molecule has 2 aliphatic rings. The first-order chi connectivity index (χ1) is 11.2. The lowest BCUT2D eigenvalue weighted by Gasteiger charge is -2.44. The van der Waals surface area contributed by atoms with Crippen molar-refractivity contribution >= 4 is 21.8 Å². The Morgan fingerprint density at radius 2 is 1.87 bits per heavy atom. The summed E-state index contributed by atoms with van der Waals surface area (Å²) < 4.78 is 11.5.